The monoisotopic (exact) mass is 389 g/mol. The van der Waals surface area contributed by atoms with E-state index < -0.39 is 6.04 Å². The minimum atomic E-state index is -0.510. The number of rotatable bonds is 5. The maximum Gasteiger partial charge on any atom is 0.409 e. The van der Waals surface area contributed by atoms with Crippen molar-refractivity contribution in [2.45, 2.75) is 44.7 Å². The number of carbonyl (C=O) groups is 3. The van der Waals surface area contributed by atoms with Crippen molar-refractivity contribution in [3.63, 3.8) is 0 Å². The van der Waals surface area contributed by atoms with E-state index in [1.165, 1.54) is 0 Å². The zero-order valence-electron chi connectivity index (χ0n) is 16.3. The van der Waals surface area contributed by atoms with Crippen molar-refractivity contribution in [2.24, 2.45) is 0 Å². The molecule has 152 valence electrons. The summed E-state index contributed by atoms with van der Waals surface area (Å²) in [5, 5.41) is 3.06. The zero-order valence-corrected chi connectivity index (χ0v) is 16.3. The smallest absolute Gasteiger partial charge is 0.409 e. The molecular formula is C20H27N3O5. The molecule has 8 nitrogen and oxygen atoms in total. The second-order valence-electron chi connectivity index (χ2n) is 6.99. The van der Waals surface area contributed by atoms with Crippen molar-refractivity contribution in [1.29, 1.82) is 0 Å². The van der Waals surface area contributed by atoms with Gasteiger partial charge >= 0.3 is 6.09 Å². The van der Waals surface area contributed by atoms with Gasteiger partial charge in [-0.05, 0) is 50.5 Å². The highest BCUT2D eigenvalue weighted by Gasteiger charge is 2.38. The molecule has 2 heterocycles. The van der Waals surface area contributed by atoms with Gasteiger partial charge in [-0.1, -0.05) is 0 Å². The van der Waals surface area contributed by atoms with Gasteiger partial charge in [0.25, 0.3) is 0 Å². The predicted molar refractivity (Wildman–Crippen MR) is 103 cm³/mol. The molecule has 0 aromatic heterocycles. The van der Waals surface area contributed by atoms with Gasteiger partial charge in [0, 0.05) is 31.2 Å². The Morgan fingerprint density at radius 3 is 2.43 bits per heavy atom. The third-order valence-electron chi connectivity index (χ3n) is 5.23. The van der Waals surface area contributed by atoms with Crippen molar-refractivity contribution in [2.75, 3.05) is 31.7 Å². The number of ether oxygens (including phenoxy) is 2. The minimum absolute atomic E-state index is 0.00778. The van der Waals surface area contributed by atoms with Crippen molar-refractivity contribution < 1.29 is 23.9 Å². The molecule has 0 aliphatic carbocycles. The highest BCUT2D eigenvalue weighted by Crippen LogP contribution is 2.28. The van der Waals surface area contributed by atoms with Crippen molar-refractivity contribution >= 4 is 23.6 Å². The first kappa shape index (κ1) is 20.0. The first-order valence-electron chi connectivity index (χ1n) is 9.71. The number of hydrogen-bond donors (Lipinski definition) is 1. The quantitative estimate of drug-likeness (QED) is 0.831. The molecule has 0 spiro atoms. The van der Waals surface area contributed by atoms with Crippen molar-refractivity contribution in [1.82, 2.24) is 10.2 Å². The average Bonchev–Trinajstić information content (AvgIpc) is 3.10. The van der Waals surface area contributed by atoms with Gasteiger partial charge in [0.1, 0.15) is 11.8 Å². The first-order valence-corrected chi connectivity index (χ1v) is 9.71. The Morgan fingerprint density at radius 2 is 1.82 bits per heavy atom. The largest absolute Gasteiger partial charge is 0.497 e. The molecule has 28 heavy (non-hydrogen) atoms. The summed E-state index contributed by atoms with van der Waals surface area (Å²) in [7, 11) is 1.58. The van der Waals surface area contributed by atoms with E-state index in [-0.39, 0.29) is 23.9 Å². The summed E-state index contributed by atoms with van der Waals surface area (Å²) < 4.78 is 10.2. The summed E-state index contributed by atoms with van der Waals surface area (Å²) in [5.41, 5.74) is 0.695. The normalized spacial score (nSPS) is 20.2. The molecule has 1 unspecified atom stereocenters. The molecule has 3 rings (SSSR count). The zero-order chi connectivity index (χ0) is 20.1. The average molecular weight is 389 g/mol. The van der Waals surface area contributed by atoms with Crippen molar-refractivity contribution in [3.8, 4) is 5.75 Å². The number of likely N-dealkylation sites (tertiary alicyclic amines) is 1. The van der Waals surface area contributed by atoms with Crippen LogP contribution in [0.4, 0.5) is 10.5 Å². The van der Waals surface area contributed by atoms with E-state index >= 15 is 0 Å². The molecule has 1 N–H and O–H groups in total. The Hall–Kier alpha value is -2.77. The number of benzene rings is 1. The van der Waals surface area contributed by atoms with Gasteiger partial charge in [0.2, 0.25) is 11.8 Å². The van der Waals surface area contributed by atoms with Gasteiger partial charge in [0.15, 0.2) is 0 Å². The van der Waals surface area contributed by atoms with Crippen LogP contribution in [0, 0.1) is 0 Å². The van der Waals surface area contributed by atoms with Crippen LogP contribution in [0.15, 0.2) is 24.3 Å². The van der Waals surface area contributed by atoms with E-state index in [9.17, 15) is 14.4 Å². The lowest BCUT2D eigenvalue weighted by atomic mass is 10.0. The highest BCUT2D eigenvalue weighted by molar-refractivity contribution is 6.03. The van der Waals surface area contributed by atoms with Gasteiger partial charge < -0.3 is 19.7 Å². The van der Waals surface area contributed by atoms with E-state index in [4.69, 9.17) is 9.47 Å². The van der Waals surface area contributed by atoms with Crippen molar-refractivity contribution in [3.05, 3.63) is 24.3 Å². The Labute approximate surface area is 164 Å². The van der Waals surface area contributed by atoms with Crippen LogP contribution in [0.5, 0.6) is 5.75 Å². The van der Waals surface area contributed by atoms with Crippen LogP contribution in [0.3, 0.4) is 0 Å². The fraction of sp³-hybridized carbons (Fsp3) is 0.550. The number of piperidine rings is 1. The second kappa shape index (κ2) is 8.95. The Morgan fingerprint density at radius 1 is 1.14 bits per heavy atom. The second-order valence-corrected chi connectivity index (χ2v) is 6.99. The number of anilines is 1. The summed E-state index contributed by atoms with van der Waals surface area (Å²) in [5.74, 6) is 0.503. The lowest BCUT2D eigenvalue weighted by Gasteiger charge is -2.33. The Balaban J connectivity index is 1.59. The third-order valence-corrected chi connectivity index (χ3v) is 5.23. The maximum atomic E-state index is 12.8. The van der Waals surface area contributed by atoms with Crippen LogP contribution < -0.4 is 15.0 Å². The summed E-state index contributed by atoms with van der Waals surface area (Å²) >= 11 is 0. The van der Waals surface area contributed by atoms with Gasteiger partial charge in [0.05, 0.1) is 13.7 Å². The van der Waals surface area contributed by atoms with Crippen LogP contribution in [-0.4, -0.2) is 61.7 Å². The molecule has 1 aromatic rings. The van der Waals surface area contributed by atoms with E-state index in [0.29, 0.717) is 56.8 Å². The molecule has 3 amide bonds. The topological polar surface area (TPSA) is 88.2 Å². The number of methoxy groups -OCH3 is 1. The number of carbonyl (C=O) groups excluding carboxylic acids is 3. The molecule has 0 radical (unpaired) electrons. The van der Waals surface area contributed by atoms with Crippen LogP contribution in [-0.2, 0) is 14.3 Å². The third kappa shape index (κ3) is 4.37. The lowest BCUT2D eigenvalue weighted by molar-refractivity contribution is -0.124. The number of hydrogen-bond acceptors (Lipinski definition) is 5. The number of amides is 3. The first-order chi connectivity index (χ1) is 13.5. The van der Waals surface area contributed by atoms with Gasteiger partial charge in [-0.3, -0.25) is 14.5 Å². The standard InChI is InChI=1S/C20H27N3O5/c1-3-28-20(26)22-12-10-14(11-13-22)21-19(25)17-8-9-18(24)23(17)15-4-6-16(27-2)7-5-15/h4-7,14,17H,3,8-13H2,1-2H3,(H,21,25). The molecule has 1 aromatic carbocycles. The summed E-state index contributed by atoms with van der Waals surface area (Å²) in [6.07, 6.45) is 1.89. The Kier molecular flexibility index (Phi) is 6.38. The molecule has 2 aliphatic heterocycles. The van der Waals surface area contributed by atoms with Gasteiger partial charge in [-0.25, -0.2) is 4.79 Å². The van der Waals surface area contributed by atoms with E-state index in [2.05, 4.69) is 5.32 Å². The van der Waals surface area contributed by atoms with Gasteiger partial charge in [-0.2, -0.15) is 0 Å². The molecule has 1 atom stereocenters. The molecule has 2 saturated heterocycles. The number of nitrogens with zero attached hydrogens (tertiary/aromatic N) is 2. The van der Waals surface area contributed by atoms with Crippen LogP contribution in [0.2, 0.25) is 0 Å². The Bertz CT molecular complexity index is 713. The lowest BCUT2D eigenvalue weighted by Crippen LogP contribution is -2.51. The van der Waals surface area contributed by atoms with Crippen LogP contribution >= 0.6 is 0 Å². The van der Waals surface area contributed by atoms with Crippen LogP contribution in [0.25, 0.3) is 0 Å². The molecular weight excluding hydrogens is 362 g/mol. The van der Waals surface area contributed by atoms with E-state index in [0.717, 1.165) is 0 Å². The van der Waals surface area contributed by atoms with Gasteiger partial charge in [-0.15, -0.1) is 0 Å². The SMILES string of the molecule is CCOC(=O)N1CCC(NC(=O)C2CCC(=O)N2c2ccc(OC)cc2)CC1. The summed E-state index contributed by atoms with van der Waals surface area (Å²) in [6.45, 7) is 3.24. The maximum absolute atomic E-state index is 12.8. The summed E-state index contributed by atoms with van der Waals surface area (Å²) in [6, 6.07) is 6.62. The molecule has 2 aliphatic rings. The molecule has 8 heteroatoms. The fourth-order valence-corrected chi connectivity index (χ4v) is 3.72. The molecule has 0 saturated carbocycles. The van der Waals surface area contributed by atoms with E-state index in [1.54, 1.807) is 48.1 Å². The highest BCUT2D eigenvalue weighted by atomic mass is 16.6. The van der Waals surface area contributed by atoms with Crippen LogP contribution in [0.1, 0.15) is 32.6 Å². The minimum Gasteiger partial charge on any atom is -0.497 e. The fourth-order valence-electron chi connectivity index (χ4n) is 3.72. The molecule has 2 fully saturated rings. The summed E-state index contributed by atoms with van der Waals surface area (Å²) in [4.78, 5) is 40.2. The molecule has 0 bridgehead atoms. The van der Waals surface area contributed by atoms with E-state index in [1.807, 2.05) is 0 Å². The predicted octanol–water partition coefficient (Wildman–Crippen LogP) is 1.93. The number of nitrogens with one attached hydrogen (secondary N) is 1.